The third-order valence-corrected chi connectivity index (χ3v) is 4.30. The first-order chi connectivity index (χ1) is 10.3. The average molecular weight is 338 g/mol. The third-order valence-electron chi connectivity index (χ3n) is 3.24. The molecule has 116 valence electrons. The molecule has 22 heavy (non-hydrogen) atoms. The number of ether oxygens (including phenoxy) is 1. The Hall–Kier alpha value is -1.49. The fourth-order valence-corrected chi connectivity index (χ4v) is 3.25. The zero-order valence-corrected chi connectivity index (χ0v) is 13.8. The Bertz CT molecular complexity index is 690. The predicted molar refractivity (Wildman–Crippen MR) is 94.4 cm³/mol. The van der Waals surface area contributed by atoms with Gasteiger partial charge in [0.1, 0.15) is 17.3 Å². The van der Waals surface area contributed by atoms with E-state index >= 15 is 0 Å². The monoisotopic (exact) mass is 337 g/mol. The van der Waals surface area contributed by atoms with Crippen molar-refractivity contribution in [1.82, 2.24) is 5.32 Å². The maximum atomic E-state index is 13.6. The number of thioether (sulfide) groups is 1. The van der Waals surface area contributed by atoms with Gasteiger partial charge in [0.15, 0.2) is 0 Å². The van der Waals surface area contributed by atoms with Gasteiger partial charge in [0.25, 0.3) is 0 Å². The van der Waals surface area contributed by atoms with Crippen LogP contribution in [0.5, 0.6) is 11.5 Å². The lowest BCUT2D eigenvalue weighted by molar-refractivity contribution is 0.479. The minimum atomic E-state index is -0.247. The Labute approximate surface area is 140 Å². The van der Waals surface area contributed by atoms with E-state index < -0.39 is 0 Å². The van der Waals surface area contributed by atoms with E-state index in [1.807, 2.05) is 31.3 Å². The van der Waals surface area contributed by atoms with Crippen molar-refractivity contribution in [2.45, 2.75) is 0 Å². The summed E-state index contributed by atoms with van der Waals surface area (Å²) in [7, 11) is 1.92. The largest absolute Gasteiger partial charge is 0.456 e. The number of halogens is 2. The number of rotatable bonds is 4. The molecule has 2 aromatic carbocycles. The number of nitrogens with one attached hydrogen (secondary N) is 1. The molecule has 0 atom stereocenters. The van der Waals surface area contributed by atoms with Crippen LogP contribution in [0, 0.1) is 5.82 Å². The molecule has 0 spiro atoms. The summed E-state index contributed by atoms with van der Waals surface area (Å²) >= 11 is 1.70. The van der Waals surface area contributed by atoms with Crippen molar-refractivity contribution in [3.8, 4) is 11.5 Å². The molecule has 0 aromatic heterocycles. The summed E-state index contributed by atoms with van der Waals surface area (Å²) in [5.41, 5.74) is 1.83. The highest BCUT2D eigenvalue weighted by Gasteiger charge is 2.17. The van der Waals surface area contributed by atoms with Crippen molar-refractivity contribution < 1.29 is 9.13 Å². The van der Waals surface area contributed by atoms with Crippen molar-refractivity contribution in [2.24, 2.45) is 0 Å². The summed E-state index contributed by atoms with van der Waals surface area (Å²) in [6.45, 7) is 0.898. The van der Waals surface area contributed by atoms with Crippen LogP contribution in [-0.4, -0.2) is 19.3 Å². The van der Waals surface area contributed by atoms with E-state index in [1.165, 1.54) is 6.07 Å². The Morgan fingerprint density at radius 1 is 1.14 bits per heavy atom. The second-order valence-electron chi connectivity index (χ2n) is 4.74. The standard InChI is InChI=1S/C17H16FNOS.ClH/c1-19-8-9-21-17-10-12-4-2-3-5-15(12)20-16-7-6-13(18)11-14(16)17;/h2-7,10-11,19H,8-9H2,1H3;1H. The lowest BCUT2D eigenvalue weighted by atomic mass is 10.1. The fourth-order valence-electron chi connectivity index (χ4n) is 2.20. The summed E-state index contributed by atoms with van der Waals surface area (Å²) in [5, 5.41) is 3.12. The lowest BCUT2D eigenvalue weighted by Gasteiger charge is -2.11. The normalized spacial score (nSPS) is 12.2. The first-order valence-electron chi connectivity index (χ1n) is 6.84. The molecule has 1 aliphatic heterocycles. The van der Waals surface area contributed by atoms with Gasteiger partial charge in [0, 0.05) is 28.3 Å². The molecular formula is C17H17ClFNOS. The highest BCUT2D eigenvalue weighted by Crippen LogP contribution is 2.42. The van der Waals surface area contributed by atoms with Gasteiger partial charge in [0.05, 0.1) is 0 Å². The highest BCUT2D eigenvalue weighted by atomic mass is 35.5. The smallest absolute Gasteiger partial charge is 0.136 e. The van der Waals surface area contributed by atoms with Gasteiger partial charge >= 0.3 is 0 Å². The van der Waals surface area contributed by atoms with Crippen molar-refractivity contribution in [1.29, 1.82) is 0 Å². The van der Waals surface area contributed by atoms with Crippen molar-refractivity contribution in [2.75, 3.05) is 19.3 Å². The van der Waals surface area contributed by atoms with E-state index in [1.54, 1.807) is 23.9 Å². The first kappa shape index (κ1) is 16.9. The molecule has 2 aromatic rings. The van der Waals surface area contributed by atoms with Crippen LogP contribution < -0.4 is 10.1 Å². The Kier molecular flexibility index (Phi) is 5.89. The van der Waals surface area contributed by atoms with Crippen LogP contribution in [0.25, 0.3) is 11.0 Å². The molecule has 2 nitrogen and oxygen atoms in total. The third kappa shape index (κ3) is 3.64. The molecule has 0 fully saturated rings. The van der Waals surface area contributed by atoms with Gasteiger partial charge in [-0.1, -0.05) is 18.2 Å². The second-order valence-corrected chi connectivity index (χ2v) is 5.88. The first-order valence-corrected chi connectivity index (χ1v) is 7.82. The SMILES string of the molecule is CNCCSC1=Cc2ccccc2Oc2ccc(F)cc21.Cl. The Morgan fingerprint density at radius 2 is 1.95 bits per heavy atom. The molecule has 0 saturated carbocycles. The molecule has 1 N–H and O–H groups in total. The zero-order chi connectivity index (χ0) is 14.7. The van der Waals surface area contributed by atoms with Gasteiger partial charge in [0.2, 0.25) is 0 Å². The van der Waals surface area contributed by atoms with Gasteiger partial charge in [-0.2, -0.15) is 0 Å². The van der Waals surface area contributed by atoms with E-state index in [4.69, 9.17) is 4.74 Å². The molecule has 1 heterocycles. The maximum Gasteiger partial charge on any atom is 0.136 e. The van der Waals surface area contributed by atoms with E-state index in [2.05, 4.69) is 11.4 Å². The summed E-state index contributed by atoms with van der Waals surface area (Å²) in [6.07, 6.45) is 2.07. The highest BCUT2D eigenvalue weighted by molar-refractivity contribution is 8.08. The number of para-hydroxylation sites is 1. The topological polar surface area (TPSA) is 21.3 Å². The minimum absolute atomic E-state index is 0. The summed E-state index contributed by atoms with van der Waals surface area (Å²) in [4.78, 5) is 1.03. The summed E-state index contributed by atoms with van der Waals surface area (Å²) < 4.78 is 19.6. The van der Waals surface area contributed by atoms with Crippen molar-refractivity contribution in [3.05, 3.63) is 59.4 Å². The van der Waals surface area contributed by atoms with Gasteiger partial charge in [-0.25, -0.2) is 4.39 Å². The van der Waals surface area contributed by atoms with E-state index in [-0.39, 0.29) is 18.2 Å². The molecule has 0 unspecified atom stereocenters. The van der Waals surface area contributed by atoms with E-state index in [0.717, 1.165) is 34.1 Å². The Balaban J connectivity index is 0.00000176. The molecule has 0 amide bonds. The molecule has 0 saturated heterocycles. The fraction of sp³-hybridized carbons (Fsp3) is 0.176. The van der Waals surface area contributed by atoms with Crippen LogP contribution in [0.1, 0.15) is 11.1 Å². The van der Waals surface area contributed by atoms with Gasteiger partial charge < -0.3 is 10.1 Å². The molecule has 0 aliphatic carbocycles. The lowest BCUT2D eigenvalue weighted by Crippen LogP contribution is -2.09. The molecule has 0 bridgehead atoms. The Morgan fingerprint density at radius 3 is 2.77 bits per heavy atom. The van der Waals surface area contributed by atoms with E-state index in [0.29, 0.717) is 5.75 Å². The second kappa shape index (κ2) is 7.68. The van der Waals surface area contributed by atoms with Crippen LogP contribution in [0.3, 0.4) is 0 Å². The quantitative estimate of drug-likeness (QED) is 0.809. The molecule has 0 radical (unpaired) electrons. The van der Waals surface area contributed by atoms with Crippen LogP contribution in [0.2, 0.25) is 0 Å². The number of fused-ring (bicyclic) bond motifs is 2. The minimum Gasteiger partial charge on any atom is -0.456 e. The van der Waals surface area contributed by atoms with Crippen LogP contribution in [0.4, 0.5) is 4.39 Å². The van der Waals surface area contributed by atoms with Crippen molar-refractivity contribution >= 4 is 35.2 Å². The van der Waals surface area contributed by atoms with Crippen LogP contribution >= 0.6 is 24.2 Å². The number of hydrogen-bond acceptors (Lipinski definition) is 3. The van der Waals surface area contributed by atoms with E-state index in [9.17, 15) is 4.39 Å². The van der Waals surface area contributed by atoms with Gasteiger partial charge in [-0.05, 0) is 37.4 Å². The van der Waals surface area contributed by atoms with Crippen molar-refractivity contribution in [3.63, 3.8) is 0 Å². The zero-order valence-electron chi connectivity index (χ0n) is 12.1. The maximum absolute atomic E-state index is 13.6. The van der Waals surface area contributed by atoms with Gasteiger partial charge in [-0.15, -0.1) is 24.2 Å². The molecule has 3 rings (SSSR count). The number of benzene rings is 2. The van der Waals surface area contributed by atoms with Crippen LogP contribution in [-0.2, 0) is 0 Å². The summed E-state index contributed by atoms with van der Waals surface area (Å²) in [5.74, 6) is 2.17. The summed E-state index contributed by atoms with van der Waals surface area (Å²) in [6, 6.07) is 12.5. The number of hydrogen-bond donors (Lipinski definition) is 1. The van der Waals surface area contributed by atoms with Crippen LogP contribution in [0.15, 0.2) is 42.5 Å². The predicted octanol–water partition coefficient (Wildman–Crippen LogP) is 4.80. The molecular weight excluding hydrogens is 321 g/mol. The average Bonchev–Trinajstić information content (AvgIpc) is 2.64. The van der Waals surface area contributed by atoms with Gasteiger partial charge in [-0.3, -0.25) is 0 Å². The molecule has 5 heteroatoms. The molecule has 1 aliphatic rings.